The molecule has 0 spiro atoms. The molecule has 0 aliphatic rings. The molecule has 0 unspecified atom stereocenters. The van der Waals surface area contributed by atoms with E-state index in [2.05, 4.69) is 74.1 Å². The number of hydrogen-bond acceptors (Lipinski definition) is 3. The van der Waals surface area contributed by atoms with Crippen molar-refractivity contribution in [3.8, 4) is 11.1 Å². The highest BCUT2D eigenvalue weighted by atomic mass is 16.1. The van der Waals surface area contributed by atoms with Gasteiger partial charge in [0, 0.05) is 18.7 Å². The molecule has 3 aromatic rings. The number of carbonyl (C=O) groups is 1. The standard InChI is InChI=1S/C29H37N3O/c1-6-8-9-18-32(7-2)28-17-16-26(20-30-28)31-29(33)25-11-10-22(5)27(19-25)24-14-12-23(13-15-24)21(3)4/h10-17,19-21H,6-9,18H2,1-5H3,(H,31,33). The first-order valence-electron chi connectivity index (χ1n) is 12.2. The molecule has 1 N–H and O–H groups in total. The molecule has 0 atom stereocenters. The molecule has 2 aromatic carbocycles. The molecule has 0 aliphatic heterocycles. The zero-order valence-corrected chi connectivity index (χ0v) is 20.7. The van der Waals surface area contributed by atoms with Crippen molar-refractivity contribution in [2.45, 2.75) is 59.8 Å². The maximum Gasteiger partial charge on any atom is 0.255 e. The lowest BCUT2D eigenvalue weighted by Gasteiger charge is -2.22. The first kappa shape index (κ1) is 24.5. The van der Waals surface area contributed by atoms with Crippen LogP contribution in [0.4, 0.5) is 11.5 Å². The number of benzene rings is 2. The summed E-state index contributed by atoms with van der Waals surface area (Å²) in [5.74, 6) is 1.33. The van der Waals surface area contributed by atoms with E-state index in [0.717, 1.165) is 35.6 Å². The van der Waals surface area contributed by atoms with Gasteiger partial charge in [-0.25, -0.2) is 4.98 Å². The molecule has 1 amide bonds. The number of aromatic nitrogens is 1. The zero-order chi connectivity index (χ0) is 23.8. The predicted molar refractivity (Wildman–Crippen MR) is 140 cm³/mol. The lowest BCUT2D eigenvalue weighted by molar-refractivity contribution is 0.102. The maximum absolute atomic E-state index is 13.0. The molecule has 1 aromatic heterocycles. The highest BCUT2D eigenvalue weighted by molar-refractivity contribution is 6.05. The summed E-state index contributed by atoms with van der Waals surface area (Å²) in [4.78, 5) is 19.8. The van der Waals surface area contributed by atoms with Crippen LogP contribution < -0.4 is 10.2 Å². The summed E-state index contributed by atoms with van der Waals surface area (Å²) in [5, 5.41) is 3.00. The molecule has 4 heteroatoms. The Morgan fingerprint density at radius 1 is 1.00 bits per heavy atom. The Labute approximate surface area is 199 Å². The van der Waals surface area contributed by atoms with Gasteiger partial charge in [0.15, 0.2) is 0 Å². The van der Waals surface area contributed by atoms with Crippen LogP contribution in [-0.2, 0) is 0 Å². The smallest absolute Gasteiger partial charge is 0.255 e. The Bertz CT molecular complexity index is 1040. The van der Waals surface area contributed by atoms with Crippen LogP contribution in [-0.4, -0.2) is 24.0 Å². The van der Waals surface area contributed by atoms with Crippen molar-refractivity contribution in [3.05, 3.63) is 77.5 Å². The van der Waals surface area contributed by atoms with Crippen LogP contribution in [0, 0.1) is 6.92 Å². The van der Waals surface area contributed by atoms with E-state index in [1.165, 1.54) is 24.8 Å². The molecule has 0 saturated heterocycles. The number of rotatable bonds is 10. The normalized spacial score (nSPS) is 11.0. The molecule has 4 nitrogen and oxygen atoms in total. The van der Waals surface area contributed by atoms with Crippen LogP contribution in [0.15, 0.2) is 60.8 Å². The fraction of sp³-hybridized carbons (Fsp3) is 0.379. The van der Waals surface area contributed by atoms with E-state index < -0.39 is 0 Å². The second-order valence-electron chi connectivity index (χ2n) is 8.95. The van der Waals surface area contributed by atoms with E-state index >= 15 is 0 Å². The molecule has 1 heterocycles. The lowest BCUT2D eigenvalue weighted by Crippen LogP contribution is -2.24. The van der Waals surface area contributed by atoms with Crippen molar-refractivity contribution in [2.24, 2.45) is 0 Å². The molecule has 0 saturated carbocycles. The van der Waals surface area contributed by atoms with E-state index in [0.29, 0.717) is 17.2 Å². The number of hydrogen-bond donors (Lipinski definition) is 1. The molecule has 33 heavy (non-hydrogen) atoms. The second-order valence-corrected chi connectivity index (χ2v) is 8.95. The Kier molecular flexibility index (Phi) is 8.65. The van der Waals surface area contributed by atoms with Gasteiger partial charge in [0.2, 0.25) is 0 Å². The summed E-state index contributed by atoms with van der Waals surface area (Å²) in [6.45, 7) is 12.8. The third-order valence-corrected chi connectivity index (χ3v) is 6.13. The van der Waals surface area contributed by atoms with Gasteiger partial charge in [0.05, 0.1) is 11.9 Å². The number of amides is 1. The summed E-state index contributed by atoms with van der Waals surface area (Å²) >= 11 is 0. The van der Waals surface area contributed by atoms with Gasteiger partial charge >= 0.3 is 0 Å². The first-order chi connectivity index (χ1) is 15.9. The largest absolute Gasteiger partial charge is 0.357 e. The van der Waals surface area contributed by atoms with Gasteiger partial charge in [0.25, 0.3) is 5.91 Å². The summed E-state index contributed by atoms with van der Waals surface area (Å²) < 4.78 is 0. The molecule has 0 fully saturated rings. The average Bonchev–Trinajstić information content (AvgIpc) is 2.83. The fourth-order valence-corrected chi connectivity index (χ4v) is 3.96. The Morgan fingerprint density at radius 2 is 1.76 bits per heavy atom. The van der Waals surface area contributed by atoms with Crippen LogP contribution in [0.5, 0.6) is 0 Å². The minimum Gasteiger partial charge on any atom is -0.357 e. The number of nitrogens with zero attached hydrogens (tertiary/aromatic N) is 2. The summed E-state index contributed by atoms with van der Waals surface area (Å²) in [6.07, 6.45) is 5.35. The van der Waals surface area contributed by atoms with Crippen molar-refractivity contribution in [3.63, 3.8) is 0 Å². The zero-order valence-electron chi connectivity index (χ0n) is 20.7. The van der Waals surface area contributed by atoms with Crippen molar-refractivity contribution >= 4 is 17.4 Å². The van der Waals surface area contributed by atoms with Crippen molar-refractivity contribution in [2.75, 3.05) is 23.3 Å². The van der Waals surface area contributed by atoms with Crippen LogP contribution in [0.2, 0.25) is 0 Å². The fourth-order valence-electron chi connectivity index (χ4n) is 3.96. The van der Waals surface area contributed by atoms with E-state index in [-0.39, 0.29) is 5.91 Å². The summed E-state index contributed by atoms with van der Waals surface area (Å²) in [7, 11) is 0. The van der Waals surface area contributed by atoms with E-state index in [1.807, 2.05) is 30.3 Å². The number of anilines is 2. The second kappa shape index (κ2) is 11.6. The minimum atomic E-state index is -0.125. The van der Waals surface area contributed by atoms with Crippen LogP contribution in [0.3, 0.4) is 0 Å². The first-order valence-corrected chi connectivity index (χ1v) is 12.2. The van der Waals surface area contributed by atoms with Gasteiger partial charge in [-0.15, -0.1) is 0 Å². The van der Waals surface area contributed by atoms with E-state index in [1.54, 1.807) is 6.20 Å². The SMILES string of the molecule is CCCCCN(CC)c1ccc(NC(=O)c2ccc(C)c(-c3ccc(C(C)C)cc3)c2)cn1. The number of pyridine rings is 1. The summed E-state index contributed by atoms with van der Waals surface area (Å²) in [5.41, 5.74) is 6.02. The molecule has 0 aliphatic carbocycles. The van der Waals surface area contributed by atoms with Gasteiger partial charge in [-0.1, -0.05) is 63.9 Å². The number of nitrogens with one attached hydrogen (secondary N) is 1. The molecular formula is C29H37N3O. The van der Waals surface area contributed by atoms with Gasteiger partial charge in [-0.2, -0.15) is 0 Å². The molecule has 0 radical (unpaired) electrons. The number of unbranched alkanes of at least 4 members (excludes halogenated alkanes) is 2. The van der Waals surface area contributed by atoms with E-state index in [4.69, 9.17) is 0 Å². The lowest BCUT2D eigenvalue weighted by atomic mass is 9.95. The Balaban J connectivity index is 1.72. The van der Waals surface area contributed by atoms with Gasteiger partial charge in [-0.3, -0.25) is 4.79 Å². The highest BCUT2D eigenvalue weighted by Crippen LogP contribution is 2.27. The van der Waals surface area contributed by atoms with Crippen LogP contribution in [0.1, 0.15) is 74.4 Å². The molecule has 3 rings (SSSR count). The highest BCUT2D eigenvalue weighted by Gasteiger charge is 2.12. The molecular weight excluding hydrogens is 406 g/mol. The van der Waals surface area contributed by atoms with Crippen molar-refractivity contribution in [1.29, 1.82) is 0 Å². The average molecular weight is 444 g/mol. The van der Waals surface area contributed by atoms with Crippen molar-refractivity contribution < 1.29 is 4.79 Å². The Hall–Kier alpha value is -3.14. The topological polar surface area (TPSA) is 45.2 Å². The molecule has 0 bridgehead atoms. The van der Waals surface area contributed by atoms with Gasteiger partial charge < -0.3 is 10.2 Å². The van der Waals surface area contributed by atoms with Crippen molar-refractivity contribution in [1.82, 2.24) is 4.98 Å². The quantitative estimate of drug-likeness (QED) is 0.331. The van der Waals surface area contributed by atoms with Crippen LogP contribution in [0.25, 0.3) is 11.1 Å². The maximum atomic E-state index is 13.0. The Morgan fingerprint density at radius 3 is 2.36 bits per heavy atom. The minimum absolute atomic E-state index is 0.125. The van der Waals surface area contributed by atoms with Gasteiger partial charge in [-0.05, 0) is 72.7 Å². The third kappa shape index (κ3) is 6.44. The van der Waals surface area contributed by atoms with Crippen LogP contribution >= 0.6 is 0 Å². The van der Waals surface area contributed by atoms with E-state index in [9.17, 15) is 4.79 Å². The third-order valence-electron chi connectivity index (χ3n) is 6.13. The van der Waals surface area contributed by atoms with Gasteiger partial charge in [0.1, 0.15) is 5.82 Å². The number of aryl methyl sites for hydroxylation is 1. The predicted octanol–water partition coefficient (Wildman–Crippen LogP) is 7.45. The molecule has 174 valence electrons. The number of carbonyl (C=O) groups excluding carboxylic acids is 1. The summed E-state index contributed by atoms with van der Waals surface area (Å²) in [6, 6.07) is 18.4. The monoisotopic (exact) mass is 443 g/mol.